The number of amides is 1. The Balaban J connectivity index is 1.32. The van der Waals surface area contributed by atoms with Gasteiger partial charge >= 0.3 is 0 Å². The minimum absolute atomic E-state index is 0.00639. The Morgan fingerprint density at radius 2 is 1.71 bits per heavy atom. The first-order chi connectivity index (χ1) is 16.4. The largest absolute Gasteiger partial charge is 0.468 e. The summed E-state index contributed by atoms with van der Waals surface area (Å²) in [4.78, 5) is 15.7. The molecule has 1 aromatic carbocycles. The second-order valence-corrected chi connectivity index (χ2v) is 11.7. The van der Waals surface area contributed by atoms with Gasteiger partial charge in [0.2, 0.25) is 15.9 Å². The van der Waals surface area contributed by atoms with Gasteiger partial charge in [-0.1, -0.05) is 32.4 Å². The third-order valence-corrected chi connectivity index (χ3v) is 9.09. The van der Waals surface area contributed by atoms with Gasteiger partial charge in [-0.15, -0.1) is 0 Å². The van der Waals surface area contributed by atoms with Gasteiger partial charge in [-0.3, -0.25) is 9.69 Å². The SMILES string of the molecule is CC(C)c1ccc(S(=O)(=O)N2CCC(C(=O)NC[C@H](c3ccco3)N3CCCCC3)CC2)cc1. The fourth-order valence-electron chi connectivity index (χ4n) is 4.99. The molecule has 1 atom stereocenters. The molecule has 8 heteroatoms. The lowest BCUT2D eigenvalue weighted by Gasteiger charge is -2.34. The highest BCUT2D eigenvalue weighted by Gasteiger charge is 2.33. The predicted molar refractivity (Wildman–Crippen MR) is 132 cm³/mol. The second-order valence-electron chi connectivity index (χ2n) is 9.78. The number of carbonyl (C=O) groups is 1. The number of carbonyl (C=O) groups excluding carboxylic acids is 1. The molecule has 2 fully saturated rings. The van der Waals surface area contributed by atoms with Crippen LogP contribution in [0.2, 0.25) is 0 Å². The van der Waals surface area contributed by atoms with Crippen molar-refractivity contribution in [3.63, 3.8) is 0 Å². The molecule has 2 saturated heterocycles. The molecule has 0 saturated carbocycles. The van der Waals surface area contributed by atoms with Crippen LogP contribution in [0.5, 0.6) is 0 Å². The van der Waals surface area contributed by atoms with E-state index in [1.54, 1.807) is 18.4 Å². The van der Waals surface area contributed by atoms with Gasteiger partial charge in [-0.2, -0.15) is 4.31 Å². The molecule has 0 unspecified atom stereocenters. The maximum Gasteiger partial charge on any atom is 0.243 e. The predicted octanol–water partition coefficient (Wildman–Crippen LogP) is 4.15. The highest BCUT2D eigenvalue weighted by Crippen LogP contribution is 2.27. The van der Waals surface area contributed by atoms with Crippen LogP contribution in [-0.4, -0.2) is 56.3 Å². The summed E-state index contributed by atoms with van der Waals surface area (Å²) in [6, 6.07) is 11.1. The maximum atomic E-state index is 13.1. The van der Waals surface area contributed by atoms with E-state index in [4.69, 9.17) is 4.42 Å². The summed E-state index contributed by atoms with van der Waals surface area (Å²) in [5, 5.41) is 3.13. The van der Waals surface area contributed by atoms with Gasteiger partial charge in [0.25, 0.3) is 0 Å². The first-order valence-corrected chi connectivity index (χ1v) is 14.0. The standard InChI is InChI=1S/C26H37N3O4S/c1-20(2)21-8-10-23(11-9-21)34(31,32)29-16-12-22(13-17-29)26(30)27-19-24(25-7-6-18-33-25)28-14-4-3-5-15-28/h6-11,18,20,22,24H,3-5,12-17,19H2,1-2H3,(H,27,30)/t24-/m1/s1. The molecule has 2 aliphatic heterocycles. The number of nitrogens with one attached hydrogen (secondary N) is 1. The van der Waals surface area contributed by atoms with Gasteiger partial charge in [0, 0.05) is 25.6 Å². The average molecular weight is 488 g/mol. The first-order valence-electron chi connectivity index (χ1n) is 12.5. The van der Waals surface area contributed by atoms with Crippen molar-refractivity contribution in [1.29, 1.82) is 0 Å². The highest BCUT2D eigenvalue weighted by molar-refractivity contribution is 7.89. The Morgan fingerprint density at radius 3 is 2.29 bits per heavy atom. The number of piperidine rings is 2. The molecule has 1 amide bonds. The summed E-state index contributed by atoms with van der Waals surface area (Å²) in [5.41, 5.74) is 1.12. The van der Waals surface area contributed by atoms with Gasteiger partial charge in [0.15, 0.2) is 0 Å². The molecular formula is C26H37N3O4S. The maximum absolute atomic E-state index is 13.1. The molecule has 1 aromatic heterocycles. The first kappa shape index (κ1) is 24.9. The minimum Gasteiger partial charge on any atom is -0.468 e. The molecule has 0 aliphatic carbocycles. The average Bonchev–Trinajstić information content (AvgIpc) is 3.39. The lowest BCUT2D eigenvalue weighted by Crippen LogP contribution is -2.45. The molecule has 2 aliphatic rings. The van der Waals surface area contributed by atoms with E-state index in [0.29, 0.717) is 43.3 Å². The monoisotopic (exact) mass is 487 g/mol. The van der Waals surface area contributed by atoms with Crippen molar-refractivity contribution in [2.24, 2.45) is 5.92 Å². The number of sulfonamides is 1. The van der Waals surface area contributed by atoms with Gasteiger partial charge in [-0.25, -0.2) is 8.42 Å². The zero-order valence-corrected chi connectivity index (χ0v) is 21.1. The summed E-state index contributed by atoms with van der Waals surface area (Å²) >= 11 is 0. The molecule has 34 heavy (non-hydrogen) atoms. The Morgan fingerprint density at radius 1 is 1.03 bits per heavy atom. The fourth-order valence-corrected chi connectivity index (χ4v) is 6.46. The molecule has 186 valence electrons. The quantitative estimate of drug-likeness (QED) is 0.605. The number of benzene rings is 1. The Bertz CT molecular complexity index is 1020. The van der Waals surface area contributed by atoms with E-state index in [0.717, 1.165) is 37.3 Å². The van der Waals surface area contributed by atoms with Crippen molar-refractivity contribution in [2.75, 3.05) is 32.7 Å². The molecule has 2 aromatic rings. The van der Waals surface area contributed by atoms with E-state index in [1.807, 2.05) is 24.3 Å². The molecule has 0 spiro atoms. The van der Waals surface area contributed by atoms with Crippen molar-refractivity contribution < 1.29 is 17.6 Å². The van der Waals surface area contributed by atoms with Crippen LogP contribution in [-0.2, 0) is 14.8 Å². The Labute approximate surface area is 203 Å². The zero-order valence-electron chi connectivity index (χ0n) is 20.3. The zero-order chi connectivity index (χ0) is 24.1. The van der Waals surface area contributed by atoms with Crippen molar-refractivity contribution in [1.82, 2.24) is 14.5 Å². The number of hydrogen-bond acceptors (Lipinski definition) is 5. The summed E-state index contributed by atoms with van der Waals surface area (Å²) < 4.78 is 33.3. The highest BCUT2D eigenvalue weighted by atomic mass is 32.2. The second kappa shape index (κ2) is 11.1. The number of furan rings is 1. The number of nitrogens with zero attached hydrogens (tertiary/aromatic N) is 2. The van der Waals surface area contributed by atoms with E-state index < -0.39 is 10.0 Å². The summed E-state index contributed by atoms with van der Waals surface area (Å²) in [6.45, 7) is 7.42. The Hall–Kier alpha value is -2.16. The normalized spacial score (nSPS) is 19.9. The molecular weight excluding hydrogens is 450 g/mol. The van der Waals surface area contributed by atoms with E-state index in [1.165, 1.54) is 10.7 Å². The van der Waals surface area contributed by atoms with E-state index in [2.05, 4.69) is 24.1 Å². The summed E-state index contributed by atoms with van der Waals surface area (Å²) in [7, 11) is -3.54. The number of likely N-dealkylation sites (tertiary alicyclic amines) is 1. The van der Waals surface area contributed by atoms with Crippen molar-refractivity contribution in [3.05, 3.63) is 54.0 Å². The minimum atomic E-state index is -3.54. The Kier molecular flexibility index (Phi) is 8.11. The van der Waals surface area contributed by atoms with Gasteiger partial charge in [0.05, 0.1) is 17.2 Å². The van der Waals surface area contributed by atoms with Crippen molar-refractivity contribution in [3.8, 4) is 0 Å². The third kappa shape index (κ3) is 5.73. The van der Waals surface area contributed by atoms with Crippen LogP contribution >= 0.6 is 0 Å². The van der Waals surface area contributed by atoms with Gasteiger partial charge in [0.1, 0.15) is 5.76 Å². The van der Waals surface area contributed by atoms with Crippen LogP contribution in [0.25, 0.3) is 0 Å². The topological polar surface area (TPSA) is 82.9 Å². The lowest BCUT2D eigenvalue weighted by molar-refractivity contribution is -0.126. The van der Waals surface area contributed by atoms with Gasteiger partial charge < -0.3 is 9.73 Å². The fraction of sp³-hybridized carbons (Fsp3) is 0.577. The van der Waals surface area contributed by atoms with Crippen LogP contribution in [0.1, 0.15) is 69.2 Å². The number of hydrogen-bond donors (Lipinski definition) is 1. The van der Waals surface area contributed by atoms with Crippen LogP contribution in [0.3, 0.4) is 0 Å². The summed E-state index contributed by atoms with van der Waals surface area (Å²) in [5.74, 6) is 1.07. The lowest BCUT2D eigenvalue weighted by atomic mass is 9.97. The molecule has 1 N–H and O–H groups in total. The van der Waals surface area contributed by atoms with Crippen LogP contribution in [0.4, 0.5) is 0 Å². The van der Waals surface area contributed by atoms with Crippen molar-refractivity contribution in [2.45, 2.75) is 62.8 Å². The van der Waals surface area contributed by atoms with E-state index in [-0.39, 0.29) is 17.9 Å². The molecule has 4 rings (SSSR count). The van der Waals surface area contributed by atoms with Crippen LogP contribution < -0.4 is 5.32 Å². The van der Waals surface area contributed by atoms with Crippen LogP contribution in [0, 0.1) is 5.92 Å². The van der Waals surface area contributed by atoms with Gasteiger partial charge in [-0.05, 0) is 74.5 Å². The molecule has 0 radical (unpaired) electrons. The smallest absolute Gasteiger partial charge is 0.243 e. The van der Waals surface area contributed by atoms with Crippen molar-refractivity contribution >= 4 is 15.9 Å². The van der Waals surface area contributed by atoms with E-state index in [9.17, 15) is 13.2 Å². The van der Waals surface area contributed by atoms with Crippen LogP contribution in [0.15, 0.2) is 52.0 Å². The summed E-state index contributed by atoms with van der Waals surface area (Å²) in [6.07, 6.45) is 6.32. The number of rotatable bonds is 8. The molecule has 0 bridgehead atoms. The molecule has 7 nitrogen and oxygen atoms in total. The third-order valence-electron chi connectivity index (χ3n) is 7.18. The molecule has 3 heterocycles. The van der Waals surface area contributed by atoms with E-state index >= 15 is 0 Å².